The predicted octanol–water partition coefficient (Wildman–Crippen LogP) is 4.24. The molecule has 5 heteroatoms. The molecule has 0 amide bonds. The van der Waals surface area contributed by atoms with Gasteiger partial charge in [-0.15, -0.1) is 0 Å². The van der Waals surface area contributed by atoms with Crippen molar-refractivity contribution in [2.45, 2.75) is 0 Å². The molecule has 0 fully saturated rings. The van der Waals surface area contributed by atoms with Crippen molar-refractivity contribution in [3.8, 4) is 17.6 Å². The summed E-state index contributed by atoms with van der Waals surface area (Å²) in [5, 5.41) is 9.71. The molecule has 3 nitrogen and oxygen atoms in total. The van der Waals surface area contributed by atoms with Gasteiger partial charge in [-0.1, -0.05) is 23.2 Å². The number of nitrogens with two attached hydrogens (primary N) is 1. The molecule has 0 aliphatic rings. The first-order chi connectivity index (χ1) is 8.60. The van der Waals surface area contributed by atoms with Crippen molar-refractivity contribution in [1.29, 1.82) is 5.26 Å². The Balaban J connectivity index is 2.29. The van der Waals surface area contributed by atoms with E-state index in [0.29, 0.717) is 32.8 Å². The Morgan fingerprint density at radius 1 is 1.11 bits per heavy atom. The molecule has 2 rings (SSSR count). The molecule has 0 unspecified atom stereocenters. The monoisotopic (exact) mass is 278 g/mol. The first kappa shape index (κ1) is 12.6. The number of rotatable bonds is 2. The number of nitriles is 1. The molecule has 0 radical (unpaired) electrons. The van der Waals surface area contributed by atoms with Crippen LogP contribution in [0, 0.1) is 11.3 Å². The molecule has 0 saturated carbocycles. The second-order valence-electron chi connectivity index (χ2n) is 3.54. The Kier molecular flexibility index (Phi) is 3.61. The summed E-state index contributed by atoms with van der Waals surface area (Å²) in [5.41, 5.74) is 6.46. The van der Waals surface area contributed by atoms with Gasteiger partial charge in [-0.25, -0.2) is 0 Å². The summed E-state index contributed by atoms with van der Waals surface area (Å²) in [4.78, 5) is 0. The maximum absolute atomic E-state index is 8.77. The number of halogens is 2. The molecule has 2 aromatic rings. The molecule has 18 heavy (non-hydrogen) atoms. The van der Waals surface area contributed by atoms with Gasteiger partial charge in [0, 0.05) is 11.1 Å². The Bertz CT molecular complexity index is 635. The highest BCUT2D eigenvalue weighted by molar-refractivity contribution is 6.35. The van der Waals surface area contributed by atoms with Crippen LogP contribution in [0.3, 0.4) is 0 Å². The van der Waals surface area contributed by atoms with Crippen molar-refractivity contribution >= 4 is 28.9 Å². The zero-order valence-electron chi connectivity index (χ0n) is 9.15. The van der Waals surface area contributed by atoms with Crippen LogP contribution in [-0.4, -0.2) is 0 Å². The molecule has 0 saturated heterocycles. The molecule has 0 aliphatic heterocycles. The van der Waals surface area contributed by atoms with E-state index in [2.05, 4.69) is 0 Å². The Hall–Kier alpha value is -1.89. The summed E-state index contributed by atoms with van der Waals surface area (Å²) in [5.74, 6) is 0.987. The third-order valence-electron chi connectivity index (χ3n) is 2.27. The average Bonchev–Trinajstić information content (AvgIpc) is 2.33. The minimum absolute atomic E-state index is 0.361. The van der Waals surface area contributed by atoms with Crippen molar-refractivity contribution in [2.24, 2.45) is 0 Å². The Morgan fingerprint density at radius 3 is 2.50 bits per heavy atom. The molecular formula is C13H8Cl2N2O. The molecule has 0 heterocycles. The Morgan fingerprint density at radius 2 is 1.89 bits per heavy atom. The van der Waals surface area contributed by atoms with Crippen molar-refractivity contribution in [1.82, 2.24) is 0 Å². The molecule has 0 spiro atoms. The van der Waals surface area contributed by atoms with E-state index in [1.165, 1.54) is 0 Å². The van der Waals surface area contributed by atoms with Crippen LogP contribution >= 0.6 is 23.2 Å². The number of hydrogen-bond acceptors (Lipinski definition) is 3. The quantitative estimate of drug-likeness (QED) is 0.836. The fourth-order valence-corrected chi connectivity index (χ4v) is 1.84. The lowest BCUT2D eigenvalue weighted by molar-refractivity contribution is 0.483. The lowest BCUT2D eigenvalue weighted by Gasteiger charge is -2.08. The highest BCUT2D eigenvalue weighted by atomic mass is 35.5. The van der Waals surface area contributed by atoms with Gasteiger partial charge in [-0.3, -0.25) is 0 Å². The van der Waals surface area contributed by atoms with Gasteiger partial charge in [-0.05, 0) is 30.3 Å². The van der Waals surface area contributed by atoms with Crippen molar-refractivity contribution in [3.05, 3.63) is 52.0 Å². The van der Waals surface area contributed by atoms with Gasteiger partial charge < -0.3 is 10.5 Å². The fraction of sp³-hybridized carbons (Fsp3) is 0. The van der Waals surface area contributed by atoms with E-state index in [1.54, 1.807) is 36.4 Å². The van der Waals surface area contributed by atoms with Gasteiger partial charge in [0.1, 0.15) is 17.6 Å². The number of anilines is 1. The standard InChI is InChI=1S/C13H8Cl2N2O/c14-9-2-4-13(11(15)5-9)18-10-3-1-8(7-16)12(17)6-10/h1-6H,17H2. The molecule has 0 aromatic heterocycles. The molecule has 90 valence electrons. The van der Waals surface area contributed by atoms with E-state index in [0.717, 1.165) is 0 Å². The van der Waals surface area contributed by atoms with Crippen LogP contribution in [0.25, 0.3) is 0 Å². The largest absolute Gasteiger partial charge is 0.456 e. The third kappa shape index (κ3) is 2.67. The van der Waals surface area contributed by atoms with Gasteiger partial charge in [0.2, 0.25) is 0 Å². The number of nitrogen functional groups attached to an aromatic ring is 1. The highest BCUT2D eigenvalue weighted by Crippen LogP contribution is 2.32. The van der Waals surface area contributed by atoms with Gasteiger partial charge >= 0.3 is 0 Å². The minimum Gasteiger partial charge on any atom is -0.456 e. The first-order valence-corrected chi connectivity index (χ1v) is 5.78. The van der Waals surface area contributed by atoms with E-state index in [-0.39, 0.29) is 0 Å². The van der Waals surface area contributed by atoms with Crippen LogP contribution in [-0.2, 0) is 0 Å². The van der Waals surface area contributed by atoms with Gasteiger partial charge in [0.05, 0.1) is 16.3 Å². The topological polar surface area (TPSA) is 59.0 Å². The normalized spacial score (nSPS) is 9.83. The molecule has 0 aliphatic carbocycles. The molecule has 0 bridgehead atoms. The third-order valence-corrected chi connectivity index (χ3v) is 2.80. The fourth-order valence-electron chi connectivity index (χ4n) is 1.39. The summed E-state index contributed by atoms with van der Waals surface area (Å²) in [6, 6.07) is 11.7. The molecular weight excluding hydrogens is 271 g/mol. The number of ether oxygens (including phenoxy) is 1. The van der Waals surface area contributed by atoms with Crippen LogP contribution in [0.1, 0.15) is 5.56 Å². The van der Waals surface area contributed by atoms with Crippen LogP contribution in [0.15, 0.2) is 36.4 Å². The molecule has 2 aromatic carbocycles. The van der Waals surface area contributed by atoms with E-state index < -0.39 is 0 Å². The maximum Gasteiger partial charge on any atom is 0.146 e. The lowest BCUT2D eigenvalue weighted by Crippen LogP contribution is -1.92. The van der Waals surface area contributed by atoms with Crippen LogP contribution in [0.4, 0.5) is 5.69 Å². The van der Waals surface area contributed by atoms with Crippen molar-refractivity contribution in [3.63, 3.8) is 0 Å². The lowest BCUT2D eigenvalue weighted by atomic mass is 10.2. The zero-order valence-corrected chi connectivity index (χ0v) is 10.7. The first-order valence-electron chi connectivity index (χ1n) is 5.02. The Labute approximate surface area is 114 Å². The van der Waals surface area contributed by atoms with E-state index in [1.807, 2.05) is 6.07 Å². The summed E-state index contributed by atoms with van der Waals surface area (Å²) in [6.45, 7) is 0. The van der Waals surface area contributed by atoms with Gasteiger partial charge in [0.25, 0.3) is 0 Å². The smallest absolute Gasteiger partial charge is 0.146 e. The summed E-state index contributed by atoms with van der Waals surface area (Å²) in [7, 11) is 0. The zero-order chi connectivity index (χ0) is 13.1. The maximum atomic E-state index is 8.77. The van der Waals surface area contributed by atoms with Crippen LogP contribution < -0.4 is 10.5 Å². The summed E-state index contributed by atoms with van der Waals surface area (Å²) < 4.78 is 5.56. The van der Waals surface area contributed by atoms with E-state index >= 15 is 0 Å². The molecule has 2 N–H and O–H groups in total. The number of benzene rings is 2. The number of nitrogens with zero attached hydrogens (tertiary/aromatic N) is 1. The van der Waals surface area contributed by atoms with Crippen molar-refractivity contribution < 1.29 is 4.74 Å². The van der Waals surface area contributed by atoms with Crippen LogP contribution in [0.2, 0.25) is 10.0 Å². The molecule has 0 atom stereocenters. The average molecular weight is 279 g/mol. The number of hydrogen-bond donors (Lipinski definition) is 1. The summed E-state index contributed by atoms with van der Waals surface area (Å²) >= 11 is 11.8. The SMILES string of the molecule is N#Cc1ccc(Oc2ccc(Cl)cc2Cl)cc1N. The minimum atomic E-state index is 0.361. The van der Waals surface area contributed by atoms with Gasteiger partial charge in [-0.2, -0.15) is 5.26 Å². The van der Waals surface area contributed by atoms with E-state index in [4.69, 9.17) is 38.9 Å². The van der Waals surface area contributed by atoms with Crippen molar-refractivity contribution in [2.75, 3.05) is 5.73 Å². The van der Waals surface area contributed by atoms with Crippen LogP contribution in [0.5, 0.6) is 11.5 Å². The second-order valence-corrected chi connectivity index (χ2v) is 4.38. The second kappa shape index (κ2) is 5.18. The van der Waals surface area contributed by atoms with Gasteiger partial charge in [0.15, 0.2) is 0 Å². The summed E-state index contributed by atoms with van der Waals surface area (Å²) in [6.07, 6.45) is 0. The van der Waals surface area contributed by atoms with E-state index in [9.17, 15) is 0 Å². The highest BCUT2D eigenvalue weighted by Gasteiger charge is 2.06. The predicted molar refractivity (Wildman–Crippen MR) is 72.1 cm³/mol.